The number of rotatable bonds is 47. The SMILES string of the molecule is CC12CNCCNCC(NC(=O)CCCC(=O)NCCCC[C@H](NC(=O)CCOCCOCCOCCn3cc(-c4cccc(NC(=O)NCCCC[C@H](NC(=O)N[C@@H](CCC(=O)O)C(=O)O)C(=O)O)c4)nn3)C(=O)N[C@@H](CCCCNC(=O)Cc3ccc(I)cc3)C(=O)O)(CNCCNC1)CNCCNC2. The minimum Gasteiger partial charge on any atom is -0.481 e. The maximum atomic E-state index is 13.8. The molecule has 0 saturated carbocycles. The van der Waals surface area contributed by atoms with Crippen molar-refractivity contribution in [1.29, 1.82) is 0 Å². The summed E-state index contributed by atoms with van der Waals surface area (Å²) in [5, 5.41) is 91.6. The van der Waals surface area contributed by atoms with E-state index in [1.807, 2.05) is 24.3 Å². The van der Waals surface area contributed by atoms with Crippen LogP contribution in [0.1, 0.15) is 109 Å². The van der Waals surface area contributed by atoms with Crippen LogP contribution in [0.3, 0.4) is 0 Å². The van der Waals surface area contributed by atoms with Crippen molar-refractivity contribution in [3.05, 3.63) is 63.9 Å². The van der Waals surface area contributed by atoms with E-state index in [0.29, 0.717) is 88.2 Å². The van der Waals surface area contributed by atoms with Crippen molar-refractivity contribution in [2.24, 2.45) is 5.41 Å². The van der Waals surface area contributed by atoms with Gasteiger partial charge in [0.05, 0.1) is 64.3 Å². The zero-order valence-electron chi connectivity index (χ0n) is 61.1. The summed E-state index contributed by atoms with van der Waals surface area (Å²) in [6.45, 7) is 13.2. The Morgan fingerprint density at radius 3 is 1.59 bits per heavy atom. The largest absolute Gasteiger partial charge is 0.481 e. The van der Waals surface area contributed by atoms with Gasteiger partial charge < -0.3 is 114 Å². The Hall–Kier alpha value is -8.28. The topological polar surface area (TPSA) is 508 Å². The summed E-state index contributed by atoms with van der Waals surface area (Å²) < 4.78 is 19.6. The summed E-state index contributed by atoms with van der Waals surface area (Å²) >= 11 is 2.19. The highest BCUT2D eigenvalue weighted by atomic mass is 127. The molecule has 2 bridgehead atoms. The Morgan fingerprint density at radius 2 is 1.02 bits per heavy atom. The van der Waals surface area contributed by atoms with Gasteiger partial charge in [-0.05, 0) is 123 Å². The van der Waals surface area contributed by atoms with Crippen molar-refractivity contribution in [1.82, 2.24) is 89.4 Å². The molecule has 2 aromatic carbocycles. The third kappa shape index (κ3) is 38.9. The minimum absolute atomic E-state index is 0.00228. The molecule has 0 spiro atoms. The van der Waals surface area contributed by atoms with E-state index in [4.69, 9.17) is 19.3 Å². The fraction of sp³-hybridized carbons (Fsp3) is 0.643. The van der Waals surface area contributed by atoms with E-state index < -0.39 is 90.3 Å². The molecule has 0 aliphatic carbocycles. The van der Waals surface area contributed by atoms with Crippen molar-refractivity contribution in [3.63, 3.8) is 0 Å². The number of anilines is 1. The van der Waals surface area contributed by atoms with Gasteiger partial charge >= 0.3 is 35.9 Å². The van der Waals surface area contributed by atoms with Crippen molar-refractivity contribution in [2.75, 3.05) is 143 Å². The van der Waals surface area contributed by atoms with Crippen molar-refractivity contribution in [2.45, 2.75) is 146 Å². The van der Waals surface area contributed by atoms with Crippen LogP contribution in [0.4, 0.5) is 15.3 Å². The van der Waals surface area contributed by atoms with Gasteiger partial charge in [0.25, 0.3) is 0 Å². The number of unbranched alkanes of at least 4 members (excludes halogenated alkanes) is 3. The molecule has 19 N–H and O–H groups in total. The van der Waals surface area contributed by atoms with Crippen LogP contribution in [-0.2, 0) is 70.3 Å². The molecule has 9 amide bonds. The lowest BCUT2D eigenvalue weighted by atomic mass is 9.90. The highest BCUT2D eigenvalue weighted by Gasteiger charge is 2.33. The molecule has 37 heteroatoms. The average Bonchev–Trinajstić information content (AvgIpc) is 1.79. The van der Waals surface area contributed by atoms with Gasteiger partial charge in [0, 0.05) is 144 Å². The number of aromatic nitrogens is 3. The maximum Gasteiger partial charge on any atom is 0.326 e. The molecule has 3 aromatic rings. The number of nitrogens with zero attached hydrogens (tertiary/aromatic N) is 3. The molecule has 3 aliphatic rings. The van der Waals surface area contributed by atoms with E-state index >= 15 is 0 Å². The fourth-order valence-corrected chi connectivity index (χ4v) is 11.9. The van der Waals surface area contributed by atoms with Crippen LogP contribution in [0.5, 0.6) is 0 Å². The van der Waals surface area contributed by atoms with E-state index in [2.05, 4.69) is 120 Å². The van der Waals surface area contributed by atoms with Gasteiger partial charge in [0.1, 0.15) is 29.9 Å². The molecular formula is C70H111IN18O18. The summed E-state index contributed by atoms with van der Waals surface area (Å²) in [6, 6.07) is 7.61. The molecule has 107 heavy (non-hydrogen) atoms. The molecule has 4 heterocycles. The zero-order valence-corrected chi connectivity index (χ0v) is 63.3. The van der Waals surface area contributed by atoms with Gasteiger partial charge in [-0.2, -0.15) is 0 Å². The summed E-state index contributed by atoms with van der Waals surface area (Å²) in [6.07, 6.45) is 3.93. The molecule has 1 aromatic heterocycles. The summed E-state index contributed by atoms with van der Waals surface area (Å²) in [7, 11) is 0. The second-order valence-corrected chi connectivity index (χ2v) is 28.1. The lowest BCUT2D eigenvalue weighted by Gasteiger charge is -2.37. The number of carbonyl (C=O) groups excluding carboxylic acids is 7. The van der Waals surface area contributed by atoms with Gasteiger partial charge in [-0.15, -0.1) is 5.10 Å². The molecule has 36 nitrogen and oxygen atoms in total. The molecule has 3 saturated heterocycles. The number of halogens is 1. The quantitative estimate of drug-likeness (QED) is 0.0258. The summed E-state index contributed by atoms with van der Waals surface area (Å²) in [5.41, 5.74) is 1.94. The minimum atomic E-state index is -1.53. The van der Waals surface area contributed by atoms with E-state index in [0.717, 1.165) is 68.0 Å². The smallest absolute Gasteiger partial charge is 0.326 e. The predicted octanol–water partition coefficient (Wildman–Crippen LogP) is -0.182. The number of carboxylic acids is 4. The molecule has 4 atom stereocenters. The first-order valence-corrected chi connectivity index (χ1v) is 37.8. The number of aliphatic carboxylic acids is 4. The second kappa shape index (κ2) is 51.1. The Balaban J connectivity index is 0.982. The highest BCUT2D eigenvalue weighted by molar-refractivity contribution is 14.1. The van der Waals surface area contributed by atoms with Crippen LogP contribution in [0.15, 0.2) is 54.7 Å². The molecule has 6 rings (SSSR count). The zero-order chi connectivity index (χ0) is 77.5. The first-order valence-electron chi connectivity index (χ1n) is 36.7. The normalized spacial score (nSPS) is 17.6. The molecule has 0 radical (unpaired) electrons. The molecule has 3 fully saturated rings. The average molecular weight is 1620 g/mol. The van der Waals surface area contributed by atoms with Gasteiger partial charge in [0.15, 0.2) is 0 Å². The van der Waals surface area contributed by atoms with Crippen LogP contribution < -0.4 is 79.8 Å². The first-order chi connectivity index (χ1) is 51.5. The van der Waals surface area contributed by atoms with Gasteiger partial charge in [-0.1, -0.05) is 36.4 Å². The number of amides is 9. The fourth-order valence-electron chi connectivity index (χ4n) is 11.5. The number of urea groups is 2. The number of hydrogen-bond acceptors (Lipinski definition) is 22. The Labute approximate surface area is 637 Å². The van der Waals surface area contributed by atoms with Crippen LogP contribution >= 0.6 is 22.6 Å². The second-order valence-electron chi connectivity index (χ2n) is 26.8. The molecule has 596 valence electrons. The number of carboxylic acid groups (broad SMARTS) is 4. The first kappa shape index (κ1) is 89.3. The van der Waals surface area contributed by atoms with Crippen molar-refractivity contribution < 1.29 is 87.4 Å². The van der Waals surface area contributed by atoms with Crippen LogP contribution in [0, 0.1) is 8.99 Å². The number of hydrogen-bond donors (Lipinski definition) is 19. The monoisotopic (exact) mass is 1620 g/mol. The standard InChI is InChI=1S/C70H111IN18O18/c1-69-43-72-27-30-75-46-70(47-76-31-28-73-44-69,48-77-32-29-74-45-69)86-60(92)16-9-15-58(90)78-24-5-2-12-53(63(96)83-54(64(97)98)13-3-6-25-79-61(93)40-49-17-19-51(71)20-18-49)82-59(91)23-34-105-36-38-107-39-37-106-35-33-89-42-57(87-88-89)50-10-8-11-52(41-50)81-67(103)80-26-7-4-14-55(65(99)100)84-68(104)85-56(66(101)102)21-22-62(94)95/h8,10-11,17-20,41-42,53-56,72-77H,2-7,9,12-16,21-40,43-48H2,1H3,(H,78,90)(H,79,93)(H,82,91)(H,83,96)(H,86,92)(H,94,95)(H,97,98)(H,99,100)(H,101,102)(H2,80,81,103)(H2,84,85,104)/t53-,54-,55-,56-,69?,70?/m0/s1. The third-order valence-electron chi connectivity index (χ3n) is 17.4. The Morgan fingerprint density at radius 1 is 0.514 bits per heavy atom. The van der Waals surface area contributed by atoms with Crippen LogP contribution in [-0.4, -0.2) is 268 Å². The molecular weight excluding hydrogens is 1510 g/mol. The van der Waals surface area contributed by atoms with Crippen molar-refractivity contribution >= 4 is 93.8 Å². The van der Waals surface area contributed by atoms with E-state index in [9.17, 15) is 68.1 Å². The molecule has 0 unspecified atom stereocenters. The number of fused-ring (bicyclic) bond motifs is 15. The van der Waals surface area contributed by atoms with Gasteiger partial charge in [0.2, 0.25) is 29.5 Å². The predicted molar refractivity (Wildman–Crippen MR) is 403 cm³/mol. The van der Waals surface area contributed by atoms with E-state index in [1.165, 1.54) is 0 Å². The maximum absolute atomic E-state index is 13.8. The highest BCUT2D eigenvalue weighted by Crippen LogP contribution is 2.21. The Bertz CT molecular complexity index is 3200. The summed E-state index contributed by atoms with van der Waals surface area (Å²) in [5.74, 6) is -7.08. The Kier molecular flexibility index (Phi) is 42.7. The van der Waals surface area contributed by atoms with Gasteiger partial charge in [-0.3, -0.25) is 28.8 Å². The number of ether oxygens (including phenoxy) is 3. The molecule has 3 aliphatic heterocycles. The third-order valence-corrected chi connectivity index (χ3v) is 18.1. The summed E-state index contributed by atoms with van der Waals surface area (Å²) in [4.78, 5) is 138. The van der Waals surface area contributed by atoms with Crippen LogP contribution in [0.2, 0.25) is 0 Å². The number of carbonyl (C=O) groups is 11. The van der Waals surface area contributed by atoms with Crippen molar-refractivity contribution in [3.8, 4) is 11.3 Å². The van der Waals surface area contributed by atoms with Crippen LogP contribution in [0.25, 0.3) is 11.3 Å². The van der Waals surface area contributed by atoms with E-state index in [1.54, 1.807) is 35.1 Å². The van der Waals surface area contributed by atoms with Gasteiger partial charge in [-0.25, -0.2) is 28.7 Å². The lowest BCUT2D eigenvalue weighted by molar-refractivity contribution is -0.142. The van der Waals surface area contributed by atoms with E-state index in [-0.39, 0.29) is 127 Å². The number of benzene rings is 2. The lowest BCUT2D eigenvalue weighted by Crippen LogP contribution is -2.66. The number of nitrogens with one attached hydrogen (secondary N) is 15.